The number of benzene rings is 1. The van der Waals surface area contributed by atoms with Gasteiger partial charge in [-0.05, 0) is 46.6 Å². The van der Waals surface area contributed by atoms with Crippen molar-refractivity contribution in [2.45, 2.75) is 6.92 Å². The lowest BCUT2D eigenvalue weighted by molar-refractivity contribution is 0.102. The molecule has 92 valence electrons. The van der Waals surface area contributed by atoms with E-state index in [0.717, 1.165) is 20.2 Å². The fourth-order valence-corrected chi connectivity index (χ4v) is 2.15. The van der Waals surface area contributed by atoms with Gasteiger partial charge in [0.15, 0.2) is 0 Å². The SMILES string of the molecule is Cc1ccc(NC(=O)c2cncc(Br)c2)cc1Br. The molecule has 0 saturated carbocycles. The molecule has 5 heteroatoms. The van der Waals surface area contributed by atoms with Crippen molar-refractivity contribution in [2.75, 3.05) is 5.32 Å². The van der Waals surface area contributed by atoms with Crippen LogP contribution in [0.2, 0.25) is 0 Å². The molecule has 0 aliphatic rings. The van der Waals surface area contributed by atoms with E-state index < -0.39 is 0 Å². The Morgan fingerprint density at radius 1 is 1.22 bits per heavy atom. The van der Waals surface area contributed by atoms with Crippen LogP contribution in [0.5, 0.6) is 0 Å². The number of hydrogen-bond acceptors (Lipinski definition) is 2. The van der Waals surface area contributed by atoms with Crippen LogP contribution in [0, 0.1) is 6.92 Å². The summed E-state index contributed by atoms with van der Waals surface area (Å²) in [6.45, 7) is 1.99. The maximum Gasteiger partial charge on any atom is 0.257 e. The molecule has 1 aromatic heterocycles. The molecule has 2 rings (SSSR count). The van der Waals surface area contributed by atoms with Crippen molar-refractivity contribution in [3.8, 4) is 0 Å². The topological polar surface area (TPSA) is 42.0 Å². The Kier molecular flexibility index (Phi) is 4.14. The predicted molar refractivity (Wildman–Crippen MR) is 78.8 cm³/mol. The number of halogens is 2. The maximum atomic E-state index is 12.0. The molecule has 1 amide bonds. The molecule has 2 aromatic rings. The molecule has 1 aromatic carbocycles. The lowest BCUT2D eigenvalue weighted by Gasteiger charge is -2.07. The number of carbonyl (C=O) groups excluding carboxylic acids is 1. The highest BCUT2D eigenvalue weighted by atomic mass is 79.9. The molecule has 0 radical (unpaired) electrons. The monoisotopic (exact) mass is 368 g/mol. The molecule has 0 spiro atoms. The van der Waals surface area contributed by atoms with Crippen molar-refractivity contribution in [3.63, 3.8) is 0 Å². The second kappa shape index (κ2) is 5.63. The number of aromatic nitrogens is 1. The highest BCUT2D eigenvalue weighted by Gasteiger charge is 2.07. The molecule has 0 aliphatic heterocycles. The normalized spacial score (nSPS) is 10.2. The van der Waals surface area contributed by atoms with E-state index in [0.29, 0.717) is 5.56 Å². The molecule has 0 unspecified atom stereocenters. The minimum absolute atomic E-state index is 0.181. The third-order valence-electron chi connectivity index (χ3n) is 2.40. The van der Waals surface area contributed by atoms with E-state index in [1.807, 2.05) is 25.1 Å². The summed E-state index contributed by atoms with van der Waals surface area (Å²) in [5, 5.41) is 2.82. The largest absolute Gasteiger partial charge is 0.322 e. The standard InChI is InChI=1S/C13H10Br2N2O/c1-8-2-3-11(5-12(8)15)17-13(18)9-4-10(14)7-16-6-9/h2-7H,1H3,(H,17,18). The van der Waals surface area contributed by atoms with Crippen LogP contribution in [0.3, 0.4) is 0 Å². The summed E-state index contributed by atoms with van der Waals surface area (Å²) < 4.78 is 1.74. The van der Waals surface area contributed by atoms with Crippen molar-refractivity contribution < 1.29 is 4.79 Å². The zero-order valence-corrected chi connectivity index (χ0v) is 12.7. The highest BCUT2D eigenvalue weighted by Crippen LogP contribution is 2.21. The molecule has 0 aliphatic carbocycles. The van der Waals surface area contributed by atoms with E-state index in [4.69, 9.17) is 0 Å². The summed E-state index contributed by atoms with van der Waals surface area (Å²) in [5.41, 5.74) is 2.38. The number of anilines is 1. The third-order valence-corrected chi connectivity index (χ3v) is 3.68. The van der Waals surface area contributed by atoms with Gasteiger partial charge in [-0.1, -0.05) is 22.0 Å². The van der Waals surface area contributed by atoms with Gasteiger partial charge in [0, 0.05) is 27.0 Å². The van der Waals surface area contributed by atoms with Crippen LogP contribution >= 0.6 is 31.9 Å². The summed E-state index contributed by atoms with van der Waals surface area (Å²) in [4.78, 5) is 15.9. The third kappa shape index (κ3) is 3.17. The number of amides is 1. The van der Waals surface area contributed by atoms with Crippen molar-refractivity contribution in [1.82, 2.24) is 4.98 Å². The Hall–Kier alpha value is -1.20. The number of rotatable bonds is 2. The molecular weight excluding hydrogens is 360 g/mol. The zero-order valence-electron chi connectivity index (χ0n) is 9.58. The van der Waals surface area contributed by atoms with Crippen LogP contribution < -0.4 is 5.32 Å². The van der Waals surface area contributed by atoms with Gasteiger partial charge in [0.1, 0.15) is 0 Å². The van der Waals surface area contributed by atoms with Gasteiger partial charge in [0.2, 0.25) is 0 Å². The number of hydrogen-bond donors (Lipinski definition) is 1. The van der Waals surface area contributed by atoms with E-state index in [1.54, 1.807) is 12.3 Å². The van der Waals surface area contributed by atoms with Crippen LogP contribution in [0.1, 0.15) is 15.9 Å². The summed E-state index contributed by atoms with van der Waals surface area (Å²) >= 11 is 6.72. The van der Waals surface area contributed by atoms with Gasteiger partial charge in [-0.25, -0.2) is 0 Å². The van der Waals surface area contributed by atoms with Gasteiger partial charge < -0.3 is 5.32 Å². The van der Waals surface area contributed by atoms with Gasteiger partial charge >= 0.3 is 0 Å². The average Bonchev–Trinajstić information content (AvgIpc) is 2.34. The first-order chi connectivity index (χ1) is 8.56. The van der Waals surface area contributed by atoms with Gasteiger partial charge in [0.05, 0.1) is 5.56 Å². The van der Waals surface area contributed by atoms with E-state index in [1.165, 1.54) is 6.20 Å². The molecule has 1 heterocycles. The van der Waals surface area contributed by atoms with E-state index in [9.17, 15) is 4.79 Å². The number of carbonyl (C=O) groups is 1. The summed E-state index contributed by atoms with van der Waals surface area (Å²) in [6, 6.07) is 7.41. The fraction of sp³-hybridized carbons (Fsp3) is 0.0769. The fourth-order valence-electron chi connectivity index (χ4n) is 1.41. The van der Waals surface area contributed by atoms with Crippen molar-refractivity contribution in [3.05, 3.63) is 56.7 Å². The van der Waals surface area contributed by atoms with Crippen molar-refractivity contribution >= 4 is 43.5 Å². The lowest BCUT2D eigenvalue weighted by Crippen LogP contribution is -2.12. The minimum Gasteiger partial charge on any atom is -0.322 e. The van der Waals surface area contributed by atoms with E-state index in [2.05, 4.69) is 42.2 Å². The first-order valence-electron chi connectivity index (χ1n) is 5.24. The quantitative estimate of drug-likeness (QED) is 0.863. The molecule has 0 bridgehead atoms. The van der Waals surface area contributed by atoms with Crippen LogP contribution in [0.15, 0.2) is 45.6 Å². The smallest absolute Gasteiger partial charge is 0.257 e. The number of pyridine rings is 1. The zero-order chi connectivity index (χ0) is 13.1. The molecule has 0 atom stereocenters. The lowest BCUT2D eigenvalue weighted by atomic mass is 10.2. The molecule has 3 nitrogen and oxygen atoms in total. The van der Waals surface area contributed by atoms with Crippen LogP contribution in [-0.2, 0) is 0 Å². The van der Waals surface area contributed by atoms with Gasteiger partial charge in [-0.15, -0.1) is 0 Å². The number of nitrogens with zero attached hydrogens (tertiary/aromatic N) is 1. The molecule has 0 saturated heterocycles. The molecular formula is C13H10Br2N2O. The summed E-state index contributed by atoms with van der Waals surface area (Å²) in [7, 11) is 0. The summed E-state index contributed by atoms with van der Waals surface area (Å²) in [5.74, 6) is -0.181. The first-order valence-corrected chi connectivity index (χ1v) is 6.83. The van der Waals surface area contributed by atoms with Gasteiger partial charge in [0.25, 0.3) is 5.91 Å². The van der Waals surface area contributed by atoms with Crippen LogP contribution in [0.25, 0.3) is 0 Å². The number of aryl methyl sites for hydroxylation is 1. The van der Waals surface area contributed by atoms with Crippen LogP contribution in [0.4, 0.5) is 5.69 Å². The van der Waals surface area contributed by atoms with E-state index in [-0.39, 0.29) is 5.91 Å². The van der Waals surface area contributed by atoms with Gasteiger partial charge in [-0.2, -0.15) is 0 Å². The summed E-state index contributed by atoms with van der Waals surface area (Å²) in [6.07, 6.45) is 3.17. The molecule has 1 N–H and O–H groups in total. The van der Waals surface area contributed by atoms with Crippen molar-refractivity contribution in [1.29, 1.82) is 0 Å². The second-order valence-corrected chi connectivity index (χ2v) is 5.58. The Labute approximate surface area is 122 Å². The van der Waals surface area contributed by atoms with Gasteiger partial charge in [-0.3, -0.25) is 9.78 Å². The van der Waals surface area contributed by atoms with E-state index >= 15 is 0 Å². The maximum absolute atomic E-state index is 12.0. The Morgan fingerprint density at radius 3 is 2.67 bits per heavy atom. The molecule has 18 heavy (non-hydrogen) atoms. The Morgan fingerprint density at radius 2 is 2.00 bits per heavy atom. The average molecular weight is 370 g/mol. The number of nitrogens with one attached hydrogen (secondary N) is 1. The minimum atomic E-state index is -0.181. The van der Waals surface area contributed by atoms with Crippen LogP contribution in [-0.4, -0.2) is 10.9 Å². The Balaban J connectivity index is 2.18. The second-order valence-electron chi connectivity index (χ2n) is 3.81. The highest BCUT2D eigenvalue weighted by molar-refractivity contribution is 9.10. The Bertz CT molecular complexity index is 599. The predicted octanol–water partition coefficient (Wildman–Crippen LogP) is 4.17. The van der Waals surface area contributed by atoms with Crippen molar-refractivity contribution in [2.24, 2.45) is 0 Å². The molecule has 0 fully saturated rings. The first kappa shape index (κ1) is 13.2.